The van der Waals surface area contributed by atoms with E-state index in [9.17, 15) is 9.90 Å². The smallest absolute Gasteiger partial charge is 0.150 e. The van der Waals surface area contributed by atoms with E-state index in [4.69, 9.17) is 11.6 Å². The zero-order valence-electron chi connectivity index (χ0n) is 9.02. The van der Waals surface area contributed by atoms with E-state index < -0.39 is 0 Å². The van der Waals surface area contributed by atoms with Gasteiger partial charge in [-0.15, -0.1) is 0 Å². The summed E-state index contributed by atoms with van der Waals surface area (Å²) < 4.78 is 0. The lowest BCUT2D eigenvalue weighted by Gasteiger charge is -2.07. The van der Waals surface area contributed by atoms with Gasteiger partial charge in [-0.1, -0.05) is 35.9 Å². The average molecular weight is 246 g/mol. The Morgan fingerprint density at radius 2 is 1.76 bits per heavy atom. The van der Waals surface area contributed by atoms with Crippen LogP contribution in [0.25, 0.3) is 11.1 Å². The maximum absolute atomic E-state index is 11.1. The Kier molecular flexibility index (Phi) is 3.57. The van der Waals surface area contributed by atoms with E-state index >= 15 is 0 Å². The first kappa shape index (κ1) is 11.8. The molecule has 17 heavy (non-hydrogen) atoms. The molecule has 0 unspecified atom stereocenters. The second-order valence-electron chi connectivity index (χ2n) is 3.69. The minimum absolute atomic E-state index is 0.348. The van der Waals surface area contributed by atoms with Crippen molar-refractivity contribution in [1.82, 2.24) is 0 Å². The van der Waals surface area contributed by atoms with Crippen molar-refractivity contribution in [2.75, 3.05) is 0 Å². The van der Waals surface area contributed by atoms with E-state index in [0.29, 0.717) is 16.1 Å². The van der Waals surface area contributed by atoms with Gasteiger partial charge in [-0.25, -0.2) is 5.11 Å². The topological polar surface area (TPSA) is 37.0 Å². The lowest BCUT2D eigenvalue weighted by Crippen LogP contribution is -1.91. The molecule has 3 heteroatoms. The van der Waals surface area contributed by atoms with Crippen LogP contribution in [0.1, 0.15) is 15.9 Å². The van der Waals surface area contributed by atoms with Gasteiger partial charge in [-0.2, -0.15) is 0 Å². The standard InChI is InChI=1S/C14H10ClO2/c15-13-4-2-11(3-5-13)14-6-1-10(8-16)7-12(14)9-17/h1-8H,9H2. The average Bonchev–Trinajstić information content (AvgIpc) is 2.39. The van der Waals surface area contributed by atoms with Gasteiger partial charge in [0.05, 0.1) is 0 Å². The summed E-state index contributed by atoms with van der Waals surface area (Å²) in [7, 11) is 0. The number of hydrogen-bond acceptors (Lipinski definition) is 1. The number of halogens is 1. The number of carbonyl (C=O) groups excluding carboxylic acids is 1. The van der Waals surface area contributed by atoms with Crippen molar-refractivity contribution < 1.29 is 9.90 Å². The SMILES string of the molecule is [O]Cc1cc(C=O)ccc1-c1ccc(Cl)cc1. The monoisotopic (exact) mass is 245 g/mol. The van der Waals surface area contributed by atoms with Crippen LogP contribution in [0.2, 0.25) is 5.02 Å². The minimum Gasteiger partial charge on any atom is -0.298 e. The van der Waals surface area contributed by atoms with Gasteiger partial charge in [0.25, 0.3) is 0 Å². The van der Waals surface area contributed by atoms with Crippen LogP contribution < -0.4 is 0 Å². The minimum atomic E-state index is -0.348. The Bertz CT molecular complexity index is 532. The number of benzene rings is 2. The molecule has 0 heterocycles. The van der Waals surface area contributed by atoms with E-state index in [2.05, 4.69) is 0 Å². The third-order valence-corrected chi connectivity index (χ3v) is 2.83. The molecule has 0 saturated heterocycles. The summed E-state index contributed by atoms with van der Waals surface area (Å²) in [6.45, 7) is -0.348. The molecule has 0 N–H and O–H groups in total. The molecule has 2 nitrogen and oxygen atoms in total. The molecular weight excluding hydrogens is 236 g/mol. The first-order valence-electron chi connectivity index (χ1n) is 5.16. The predicted octanol–water partition coefficient (Wildman–Crippen LogP) is 3.75. The number of carbonyl (C=O) groups is 1. The van der Waals surface area contributed by atoms with Crippen LogP contribution in [0.3, 0.4) is 0 Å². The second-order valence-corrected chi connectivity index (χ2v) is 4.12. The Hall–Kier alpha value is -1.64. The Morgan fingerprint density at radius 1 is 1.06 bits per heavy atom. The van der Waals surface area contributed by atoms with Gasteiger partial charge in [0.15, 0.2) is 0 Å². The number of rotatable bonds is 3. The summed E-state index contributed by atoms with van der Waals surface area (Å²) in [4.78, 5) is 10.6. The molecule has 0 saturated carbocycles. The molecular formula is C14H10ClO2. The van der Waals surface area contributed by atoms with Crippen molar-refractivity contribution in [2.24, 2.45) is 0 Å². The van der Waals surface area contributed by atoms with Crippen LogP contribution in [0.15, 0.2) is 42.5 Å². The van der Waals surface area contributed by atoms with Gasteiger partial charge >= 0.3 is 0 Å². The lowest BCUT2D eigenvalue weighted by atomic mass is 9.98. The molecule has 0 spiro atoms. The fraction of sp³-hybridized carbons (Fsp3) is 0.0714. The third kappa shape index (κ3) is 2.54. The van der Waals surface area contributed by atoms with Crippen LogP contribution in [0.4, 0.5) is 0 Å². The van der Waals surface area contributed by atoms with Gasteiger partial charge in [0.1, 0.15) is 12.9 Å². The van der Waals surface area contributed by atoms with Crippen molar-refractivity contribution in [2.45, 2.75) is 6.61 Å². The predicted molar refractivity (Wildman–Crippen MR) is 66.7 cm³/mol. The van der Waals surface area contributed by atoms with Crippen molar-refractivity contribution in [3.05, 3.63) is 58.6 Å². The van der Waals surface area contributed by atoms with Crippen LogP contribution >= 0.6 is 11.6 Å². The van der Waals surface area contributed by atoms with Crippen molar-refractivity contribution in [3.8, 4) is 11.1 Å². The van der Waals surface area contributed by atoms with Gasteiger partial charge in [0, 0.05) is 10.6 Å². The maximum Gasteiger partial charge on any atom is 0.150 e. The van der Waals surface area contributed by atoms with Crippen LogP contribution in [-0.2, 0) is 11.7 Å². The molecule has 0 aliphatic carbocycles. The molecule has 85 valence electrons. The Balaban J connectivity index is 2.51. The highest BCUT2D eigenvalue weighted by Gasteiger charge is 2.06. The highest BCUT2D eigenvalue weighted by molar-refractivity contribution is 6.30. The van der Waals surface area contributed by atoms with Gasteiger partial charge < -0.3 is 0 Å². The summed E-state index contributed by atoms with van der Waals surface area (Å²) >= 11 is 5.81. The second kappa shape index (κ2) is 5.13. The molecule has 0 aliphatic heterocycles. The van der Waals surface area contributed by atoms with E-state index in [1.165, 1.54) is 0 Å². The Labute approximate surface area is 104 Å². The molecule has 0 aliphatic rings. The lowest BCUT2D eigenvalue weighted by molar-refractivity contribution is 0.112. The van der Waals surface area contributed by atoms with Crippen molar-refractivity contribution in [3.63, 3.8) is 0 Å². The number of aldehydes is 1. The molecule has 0 atom stereocenters. The Morgan fingerprint density at radius 3 is 2.35 bits per heavy atom. The van der Waals surface area contributed by atoms with E-state index in [-0.39, 0.29) is 6.61 Å². The van der Waals surface area contributed by atoms with Crippen molar-refractivity contribution >= 4 is 17.9 Å². The molecule has 0 aromatic heterocycles. The van der Waals surface area contributed by atoms with Crippen LogP contribution in [-0.4, -0.2) is 6.29 Å². The molecule has 2 rings (SSSR count). The fourth-order valence-corrected chi connectivity index (χ4v) is 1.84. The molecule has 0 bridgehead atoms. The van der Waals surface area contributed by atoms with Gasteiger partial charge in [-0.3, -0.25) is 4.79 Å². The zero-order valence-corrected chi connectivity index (χ0v) is 9.78. The largest absolute Gasteiger partial charge is 0.298 e. The summed E-state index contributed by atoms with van der Waals surface area (Å²) in [5, 5.41) is 11.8. The highest BCUT2D eigenvalue weighted by Crippen LogP contribution is 2.26. The van der Waals surface area contributed by atoms with E-state index in [1.807, 2.05) is 12.1 Å². The van der Waals surface area contributed by atoms with Gasteiger partial charge in [0.2, 0.25) is 0 Å². The van der Waals surface area contributed by atoms with Crippen LogP contribution in [0, 0.1) is 0 Å². The van der Waals surface area contributed by atoms with Crippen molar-refractivity contribution in [1.29, 1.82) is 0 Å². The third-order valence-electron chi connectivity index (χ3n) is 2.58. The summed E-state index contributed by atoms with van der Waals surface area (Å²) in [5.41, 5.74) is 2.92. The molecule has 1 radical (unpaired) electrons. The maximum atomic E-state index is 11.1. The zero-order chi connectivity index (χ0) is 12.3. The first-order valence-corrected chi connectivity index (χ1v) is 5.54. The quantitative estimate of drug-likeness (QED) is 0.759. The summed E-state index contributed by atoms with van der Waals surface area (Å²) in [6.07, 6.45) is 0.741. The first-order chi connectivity index (χ1) is 8.24. The fourth-order valence-electron chi connectivity index (χ4n) is 1.72. The van der Waals surface area contributed by atoms with E-state index in [1.54, 1.807) is 30.3 Å². The molecule has 2 aromatic carbocycles. The van der Waals surface area contributed by atoms with Crippen LogP contribution in [0.5, 0.6) is 0 Å². The van der Waals surface area contributed by atoms with E-state index in [0.717, 1.165) is 17.4 Å². The summed E-state index contributed by atoms with van der Waals surface area (Å²) in [6, 6.07) is 12.4. The molecule has 0 fully saturated rings. The molecule has 2 aromatic rings. The molecule has 0 amide bonds. The van der Waals surface area contributed by atoms with Gasteiger partial charge in [-0.05, 0) is 34.9 Å². The highest BCUT2D eigenvalue weighted by atomic mass is 35.5. The number of hydrogen-bond donors (Lipinski definition) is 0. The summed E-state index contributed by atoms with van der Waals surface area (Å²) in [5.74, 6) is 0. The normalized spacial score (nSPS) is 10.2.